The lowest BCUT2D eigenvalue weighted by Crippen LogP contribution is -2.18. The van der Waals surface area contributed by atoms with Crippen LogP contribution in [0.4, 0.5) is 0 Å². The van der Waals surface area contributed by atoms with E-state index in [1.807, 2.05) is 73.4 Å². The number of halogens is 1. The molecule has 0 aliphatic heterocycles. The average molecular weight is 355 g/mol. The van der Waals surface area contributed by atoms with Crippen LogP contribution >= 0.6 is 11.6 Å². The number of rotatable bonds is 5. The number of imidazole rings is 1. The first kappa shape index (κ1) is 17.0. The van der Waals surface area contributed by atoms with Gasteiger partial charge < -0.3 is 9.75 Å². The lowest BCUT2D eigenvalue weighted by molar-refractivity contribution is 0.305. The molecule has 1 heterocycles. The topological polar surface area (TPSA) is 42.6 Å². The molecular weight excluding hydrogens is 336 g/mol. The number of ether oxygens (including phenoxy) is 1. The smallest absolute Gasteiger partial charge is 0.168 e. The summed E-state index contributed by atoms with van der Waals surface area (Å²) < 4.78 is 7.91. The summed E-state index contributed by atoms with van der Waals surface area (Å²) in [6.07, 6.45) is 5.29. The summed E-state index contributed by atoms with van der Waals surface area (Å²) in [7, 11) is 3.76. The van der Waals surface area contributed by atoms with E-state index < -0.39 is 0 Å². The molecule has 3 aromatic rings. The first-order valence-electron chi connectivity index (χ1n) is 7.85. The molecule has 0 N–H and O–H groups in total. The molecule has 25 heavy (non-hydrogen) atoms. The maximum absolute atomic E-state index is 6.22. The van der Waals surface area contributed by atoms with Gasteiger partial charge in [-0.3, -0.25) is 4.57 Å². The molecule has 0 bridgehead atoms. The molecule has 0 atom stereocenters. The zero-order chi connectivity index (χ0) is 17.6. The van der Waals surface area contributed by atoms with Crippen LogP contribution in [0.5, 0.6) is 5.75 Å². The largest absolute Gasteiger partial charge is 0.488 e. The lowest BCUT2D eigenvalue weighted by atomic mass is 10.1. The number of nitrogens with zero attached hydrogens (tertiary/aromatic N) is 4. The summed E-state index contributed by atoms with van der Waals surface area (Å²) in [5.74, 6) is 1.47. The van der Waals surface area contributed by atoms with E-state index in [1.54, 1.807) is 17.5 Å². The van der Waals surface area contributed by atoms with Gasteiger partial charge in [-0.25, -0.2) is 4.98 Å². The second-order valence-electron chi connectivity index (χ2n) is 5.62. The zero-order valence-electron chi connectivity index (χ0n) is 14.1. The lowest BCUT2D eigenvalue weighted by Gasteiger charge is -2.16. The second kappa shape index (κ2) is 7.85. The Labute approximate surface area is 152 Å². The maximum Gasteiger partial charge on any atom is 0.168 e. The van der Waals surface area contributed by atoms with Gasteiger partial charge in [0.15, 0.2) is 5.84 Å². The fourth-order valence-electron chi connectivity index (χ4n) is 2.37. The molecule has 0 radical (unpaired) electrons. The van der Waals surface area contributed by atoms with E-state index in [0.717, 1.165) is 22.7 Å². The highest BCUT2D eigenvalue weighted by Gasteiger charge is 2.13. The van der Waals surface area contributed by atoms with E-state index in [0.29, 0.717) is 11.6 Å². The number of hydrogen-bond acceptors (Lipinski definition) is 4. The van der Waals surface area contributed by atoms with Gasteiger partial charge in [0.1, 0.15) is 18.7 Å². The maximum atomic E-state index is 6.22. The fraction of sp³-hybridized carbons (Fsp3) is 0.158. The van der Waals surface area contributed by atoms with Crippen LogP contribution in [0.25, 0.3) is 0 Å². The Morgan fingerprint density at radius 1 is 1.16 bits per heavy atom. The Bertz CT molecular complexity index is 859. The van der Waals surface area contributed by atoms with E-state index in [-0.39, 0.29) is 0 Å². The van der Waals surface area contributed by atoms with Crippen LogP contribution in [0.1, 0.15) is 11.1 Å². The Morgan fingerprint density at radius 3 is 2.64 bits per heavy atom. The molecule has 0 fully saturated rings. The Balaban J connectivity index is 1.93. The number of para-hydroxylation sites is 1. The van der Waals surface area contributed by atoms with Crippen molar-refractivity contribution < 1.29 is 4.74 Å². The summed E-state index contributed by atoms with van der Waals surface area (Å²) in [5.41, 5.74) is 1.81. The van der Waals surface area contributed by atoms with Crippen LogP contribution in [0.2, 0.25) is 5.02 Å². The van der Waals surface area contributed by atoms with Crippen molar-refractivity contribution in [2.75, 3.05) is 14.1 Å². The SMILES string of the molecule is CN(C)N=C(c1ccccc1OCc1ccccc1Cl)n1ccnc1. The molecule has 1 aromatic heterocycles. The zero-order valence-corrected chi connectivity index (χ0v) is 14.9. The third-order valence-electron chi connectivity index (χ3n) is 3.51. The van der Waals surface area contributed by atoms with Crippen LogP contribution in [0.3, 0.4) is 0 Å². The molecule has 0 saturated carbocycles. The highest BCUT2D eigenvalue weighted by molar-refractivity contribution is 6.31. The van der Waals surface area contributed by atoms with E-state index in [2.05, 4.69) is 10.1 Å². The van der Waals surface area contributed by atoms with Gasteiger partial charge in [-0.2, -0.15) is 5.10 Å². The van der Waals surface area contributed by atoms with Gasteiger partial charge in [-0.05, 0) is 18.2 Å². The predicted molar refractivity (Wildman–Crippen MR) is 100 cm³/mol. The van der Waals surface area contributed by atoms with Crippen LogP contribution in [-0.4, -0.2) is 34.5 Å². The summed E-state index contributed by atoms with van der Waals surface area (Å²) >= 11 is 6.22. The number of hydrogen-bond donors (Lipinski definition) is 0. The molecular formula is C19H19ClN4O. The van der Waals surface area contributed by atoms with E-state index in [9.17, 15) is 0 Å². The van der Waals surface area contributed by atoms with Crippen molar-refractivity contribution in [3.8, 4) is 5.75 Å². The predicted octanol–water partition coefficient (Wildman–Crippen LogP) is 3.89. The molecule has 0 saturated heterocycles. The number of benzene rings is 2. The molecule has 5 nitrogen and oxygen atoms in total. The van der Waals surface area contributed by atoms with Gasteiger partial charge in [0.05, 0.1) is 5.56 Å². The fourth-order valence-corrected chi connectivity index (χ4v) is 2.56. The van der Waals surface area contributed by atoms with Crippen LogP contribution in [-0.2, 0) is 6.61 Å². The van der Waals surface area contributed by atoms with Crippen LogP contribution in [0, 0.1) is 0 Å². The quantitative estimate of drug-likeness (QED) is 0.396. The molecule has 0 aliphatic rings. The highest BCUT2D eigenvalue weighted by atomic mass is 35.5. The van der Waals surface area contributed by atoms with Gasteiger partial charge in [-0.1, -0.05) is 41.9 Å². The minimum Gasteiger partial charge on any atom is -0.488 e. The van der Waals surface area contributed by atoms with Crippen LogP contribution in [0.15, 0.2) is 72.4 Å². The van der Waals surface area contributed by atoms with Crippen molar-refractivity contribution in [1.29, 1.82) is 0 Å². The van der Waals surface area contributed by atoms with Gasteiger partial charge >= 0.3 is 0 Å². The average Bonchev–Trinajstić information content (AvgIpc) is 3.14. The second-order valence-corrected chi connectivity index (χ2v) is 6.02. The molecule has 3 rings (SSSR count). The van der Waals surface area contributed by atoms with Crippen molar-refractivity contribution >= 4 is 17.4 Å². The summed E-state index contributed by atoms with van der Waals surface area (Å²) in [5, 5.41) is 7.03. The van der Waals surface area contributed by atoms with Crippen molar-refractivity contribution in [3.05, 3.63) is 83.4 Å². The van der Waals surface area contributed by atoms with Crippen molar-refractivity contribution in [1.82, 2.24) is 14.6 Å². The summed E-state index contributed by atoms with van der Waals surface area (Å²) in [6.45, 7) is 0.385. The number of aromatic nitrogens is 2. The first-order valence-corrected chi connectivity index (χ1v) is 8.23. The molecule has 0 aliphatic carbocycles. The highest BCUT2D eigenvalue weighted by Crippen LogP contribution is 2.23. The minimum absolute atomic E-state index is 0.385. The Hall–Kier alpha value is -2.79. The molecule has 6 heteroatoms. The molecule has 0 amide bonds. The van der Waals surface area contributed by atoms with Crippen molar-refractivity contribution in [2.45, 2.75) is 6.61 Å². The standard InChI is InChI=1S/C19H19ClN4O/c1-23(2)22-19(24-12-11-21-14-24)16-8-4-6-10-18(16)25-13-15-7-3-5-9-17(15)20/h3-12,14H,13H2,1-2H3. The van der Waals surface area contributed by atoms with Gasteiger partial charge in [-0.15, -0.1) is 0 Å². The monoisotopic (exact) mass is 354 g/mol. The number of hydrazone groups is 1. The summed E-state index contributed by atoms with van der Waals surface area (Å²) in [6, 6.07) is 15.5. The molecule has 0 unspecified atom stereocenters. The van der Waals surface area contributed by atoms with Crippen molar-refractivity contribution in [3.63, 3.8) is 0 Å². The van der Waals surface area contributed by atoms with Gasteiger partial charge in [0, 0.05) is 37.1 Å². The Kier molecular flexibility index (Phi) is 5.36. The Morgan fingerprint density at radius 2 is 1.92 bits per heavy atom. The third kappa shape index (κ3) is 4.19. The van der Waals surface area contributed by atoms with E-state index in [4.69, 9.17) is 16.3 Å². The van der Waals surface area contributed by atoms with Crippen molar-refractivity contribution in [2.24, 2.45) is 5.10 Å². The normalized spacial score (nSPS) is 11.4. The molecule has 2 aromatic carbocycles. The van der Waals surface area contributed by atoms with E-state index in [1.165, 1.54) is 0 Å². The molecule has 128 valence electrons. The molecule has 0 spiro atoms. The minimum atomic E-state index is 0.385. The third-order valence-corrected chi connectivity index (χ3v) is 3.88. The summed E-state index contributed by atoms with van der Waals surface area (Å²) in [4.78, 5) is 4.12. The first-order chi connectivity index (χ1) is 12.1. The van der Waals surface area contributed by atoms with Gasteiger partial charge in [0.25, 0.3) is 0 Å². The van der Waals surface area contributed by atoms with Crippen LogP contribution < -0.4 is 4.74 Å². The van der Waals surface area contributed by atoms with Gasteiger partial charge in [0.2, 0.25) is 0 Å². The van der Waals surface area contributed by atoms with E-state index >= 15 is 0 Å².